The summed E-state index contributed by atoms with van der Waals surface area (Å²) < 4.78 is 9.88. The van der Waals surface area contributed by atoms with Crippen LogP contribution in [-0.4, -0.2) is 42.1 Å². The molecule has 1 unspecified atom stereocenters. The first-order chi connectivity index (χ1) is 13.3. The number of benzene rings is 1. The Bertz CT molecular complexity index is 911. The molecule has 0 fully saturated rings. The lowest BCUT2D eigenvalue weighted by molar-refractivity contribution is -0.148. The Labute approximate surface area is 166 Å². The number of fused-ring (bicyclic) bond motifs is 1. The SMILES string of the molecule is C=C(C)C(=O)OCC(O)COC(=O)C1=CC2=C(Cc3ccccc3S2)C(=O)C1. The number of rotatable bonds is 6. The molecule has 0 aromatic heterocycles. The second kappa shape index (κ2) is 8.58. The molecule has 0 saturated heterocycles. The number of hydrogen-bond acceptors (Lipinski definition) is 7. The molecule has 0 saturated carbocycles. The van der Waals surface area contributed by atoms with E-state index in [-0.39, 0.29) is 36.6 Å². The first-order valence-corrected chi connectivity index (χ1v) is 9.57. The van der Waals surface area contributed by atoms with E-state index in [2.05, 4.69) is 6.58 Å². The number of aliphatic hydroxyl groups excluding tert-OH is 1. The second-order valence-electron chi connectivity index (χ2n) is 6.63. The zero-order chi connectivity index (χ0) is 20.3. The third-order valence-corrected chi connectivity index (χ3v) is 5.48. The van der Waals surface area contributed by atoms with E-state index in [1.165, 1.54) is 18.7 Å². The summed E-state index contributed by atoms with van der Waals surface area (Å²) in [5.41, 5.74) is 2.28. The zero-order valence-corrected chi connectivity index (χ0v) is 16.2. The van der Waals surface area contributed by atoms with Gasteiger partial charge in [0.2, 0.25) is 0 Å². The summed E-state index contributed by atoms with van der Waals surface area (Å²) >= 11 is 1.46. The van der Waals surface area contributed by atoms with Gasteiger partial charge in [-0.15, -0.1) is 0 Å². The summed E-state index contributed by atoms with van der Waals surface area (Å²) in [6.45, 7) is 4.28. The van der Waals surface area contributed by atoms with Crippen molar-refractivity contribution in [3.8, 4) is 0 Å². The van der Waals surface area contributed by atoms with E-state index in [9.17, 15) is 19.5 Å². The molecule has 0 bridgehead atoms. The molecule has 0 radical (unpaired) electrons. The minimum atomic E-state index is -1.15. The van der Waals surface area contributed by atoms with Crippen LogP contribution in [0.3, 0.4) is 0 Å². The highest BCUT2D eigenvalue weighted by Gasteiger charge is 2.29. The molecular weight excluding hydrogens is 380 g/mol. The average Bonchev–Trinajstić information content (AvgIpc) is 2.68. The van der Waals surface area contributed by atoms with Crippen LogP contribution in [0.4, 0.5) is 0 Å². The molecule has 6 nitrogen and oxygen atoms in total. The van der Waals surface area contributed by atoms with E-state index in [0.29, 0.717) is 12.0 Å². The van der Waals surface area contributed by atoms with Crippen molar-refractivity contribution in [1.82, 2.24) is 0 Å². The summed E-state index contributed by atoms with van der Waals surface area (Å²) in [6.07, 6.45) is 1.06. The number of carbonyl (C=O) groups excluding carboxylic acids is 3. The smallest absolute Gasteiger partial charge is 0.334 e. The third kappa shape index (κ3) is 4.61. The molecule has 146 valence electrons. The Kier molecular flexibility index (Phi) is 6.16. The number of thioether (sulfide) groups is 1. The van der Waals surface area contributed by atoms with Gasteiger partial charge in [0.05, 0.1) is 0 Å². The molecule has 1 aliphatic carbocycles. The van der Waals surface area contributed by atoms with Gasteiger partial charge in [-0.1, -0.05) is 36.5 Å². The van der Waals surface area contributed by atoms with Gasteiger partial charge in [-0.05, 0) is 24.6 Å². The van der Waals surface area contributed by atoms with E-state index < -0.39 is 18.0 Å². The molecule has 1 atom stereocenters. The maximum atomic E-state index is 12.5. The Morgan fingerprint density at radius 1 is 1.21 bits per heavy atom. The summed E-state index contributed by atoms with van der Waals surface area (Å²) in [5.74, 6) is -1.38. The number of hydrogen-bond donors (Lipinski definition) is 1. The molecule has 1 aromatic carbocycles. The summed E-state index contributed by atoms with van der Waals surface area (Å²) in [5, 5.41) is 9.79. The normalized spacial score (nSPS) is 16.5. The molecule has 28 heavy (non-hydrogen) atoms. The van der Waals surface area contributed by atoms with Gasteiger partial charge in [-0.25, -0.2) is 9.59 Å². The monoisotopic (exact) mass is 400 g/mol. The van der Waals surface area contributed by atoms with Crippen molar-refractivity contribution in [1.29, 1.82) is 0 Å². The first kappa shape index (κ1) is 20.1. The van der Waals surface area contributed by atoms with Crippen LogP contribution in [0.25, 0.3) is 0 Å². The van der Waals surface area contributed by atoms with Crippen molar-refractivity contribution in [3.63, 3.8) is 0 Å². The number of esters is 2. The lowest BCUT2D eigenvalue weighted by atomic mass is 9.92. The van der Waals surface area contributed by atoms with E-state index in [1.807, 2.05) is 24.3 Å². The fourth-order valence-corrected chi connectivity index (χ4v) is 3.95. The van der Waals surface area contributed by atoms with Crippen LogP contribution >= 0.6 is 11.8 Å². The van der Waals surface area contributed by atoms with Crippen LogP contribution in [-0.2, 0) is 30.3 Å². The fraction of sp³-hybridized carbons (Fsp3) is 0.286. The predicted octanol–water partition coefficient (Wildman–Crippen LogP) is 2.51. The van der Waals surface area contributed by atoms with Crippen LogP contribution in [0, 0.1) is 0 Å². The van der Waals surface area contributed by atoms with Crippen molar-refractivity contribution in [3.05, 3.63) is 64.1 Å². The van der Waals surface area contributed by atoms with Crippen molar-refractivity contribution >= 4 is 29.5 Å². The molecule has 1 aromatic rings. The van der Waals surface area contributed by atoms with Gasteiger partial charge in [0.25, 0.3) is 0 Å². The Balaban J connectivity index is 1.60. The highest BCUT2D eigenvalue weighted by Crippen LogP contribution is 2.42. The van der Waals surface area contributed by atoms with Crippen molar-refractivity contribution in [2.75, 3.05) is 13.2 Å². The first-order valence-electron chi connectivity index (χ1n) is 8.75. The van der Waals surface area contributed by atoms with Gasteiger partial charge in [-0.3, -0.25) is 4.79 Å². The van der Waals surface area contributed by atoms with Crippen molar-refractivity contribution in [2.24, 2.45) is 0 Å². The zero-order valence-electron chi connectivity index (χ0n) is 15.4. The molecule has 1 heterocycles. The van der Waals surface area contributed by atoms with Crippen molar-refractivity contribution < 1.29 is 29.0 Å². The second-order valence-corrected chi connectivity index (χ2v) is 7.71. The van der Waals surface area contributed by atoms with Gasteiger partial charge in [0.1, 0.15) is 19.3 Å². The number of ether oxygens (including phenoxy) is 2. The fourth-order valence-electron chi connectivity index (χ4n) is 2.79. The molecule has 2 aliphatic rings. The standard InChI is InChI=1S/C21H20O6S/c1-12(2)20(24)26-10-15(22)11-27-21(25)14-8-17(23)16-7-13-5-3-4-6-18(13)28-19(16)9-14/h3-6,9,15,22H,1,7-8,10-11H2,2H3. The summed E-state index contributed by atoms with van der Waals surface area (Å²) in [6, 6.07) is 7.85. The molecule has 0 spiro atoms. The number of aliphatic hydroxyl groups is 1. The minimum absolute atomic E-state index is 0.0267. The van der Waals surface area contributed by atoms with Gasteiger partial charge >= 0.3 is 11.9 Å². The average molecular weight is 400 g/mol. The van der Waals surface area contributed by atoms with Crippen LogP contribution in [0.1, 0.15) is 18.9 Å². The molecule has 1 N–H and O–H groups in total. The lowest BCUT2D eigenvalue weighted by Crippen LogP contribution is -2.27. The van der Waals surface area contributed by atoms with E-state index in [4.69, 9.17) is 9.47 Å². The van der Waals surface area contributed by atoms with Gasteiger partial charge < -0.3 is 14.6 Å². The number of carbonyl (C=O) groups is 3. The highest BCUT2D eigenvalue weighted by atomic mass is 32.2. The maximum Gasteiger partial charge on any atom is 0.334 e. The van der Waals surface area contributed by atoms with Gasteiger partial charge in [-0.2, -0.15) is 0 Å². The van der Waals surface area contributed by atoms with E-state index in [1.54, 1.807) is 6.08 Å². The maximum absolute atomic E-state index is 12.5. The highest BCUT2D eigenvalue weighted by molar-refractivity contribution is 8.03. The number of ketones is 1. The predicted molar refractivity (Wildman–Crippen MR) is 103 cm³/mol. The molecule has 3 rings (SSSR count). The quantitative estimate of drug-likeness (QED) is 0.580. The van der Waals surface area contributed by atoms with Crippen LogP contribution < -0.4 is 0 Å². The molecule has 0 amide bonds. The Hall–Kier alpha value is -2.64. The van der Waals surface area contributed by atoms with E-state index in [0.717, 1.165) is 15.4 Å². The Morgan fingerprint density at radius 3 is 2.68 bits per heavy atom. The van der Waals surface area contributed by atoms with E-state index >= 15 is 0 Å². The summed E-state index contributed by atoms with van der Waals surface area (Å²) in [4.78, 5) is 37.9. The molecule has 7 heteroatoms. The van der Waals surface area contributed by atoms with Crippen LogP contribution in [0.5, 0.6) is 0 Å². The van der Waals surface area contributed by atoms with Crippen LogP contribution in [0.15, 0.2) is 63.4 Å². The van der Waals surface area contributed by atoms with Crippen LogP contribution in [0.2, 0.25) is 0 Å². The largest absolute Gasteiger partial charge is 0.459 e. The summed E-state index contributed by atoms with van der Waals surface area (Å²) in [7, 11) is 0. The van der Waals surface area contributed by atoms with Gasteiger partial charge in [0.15, 0.2) is 5.78 Å². The number of Topliss-reactive ketones (excluding diaryl/α,β-unsaturated/α-hetero) is 1. The van der Waals surface area contributed by atoms with Crippen molar-refractivity contribution in [2.45, 2.75) is 30.8 Å². The Morgan fingerprint density at radius 2 is 1.93 bits per heavy atom. The minimum Gasteiger partial charge on any atom is -0.459 e. The third-order valence-electron chi connectivity index (χ3n) is 4.27. The topological polar surface area (TPSA) is 89.9 Å². The number of allylic oxidation sites excluding steroid dienone is 2. The molecular formula is C21H20O6S. The molecule has 1 aliphatic heterocycles. The van der Waals surface area contributed by atoms with Gasteiger partial charge in [0, 0.05) is 39.4 Å². The lowest BCUT2D eigenvalue weighted by Gasteiger charge is -2.24.